The summed E-state index contributed by atoms with van der Waals surface area (Å²) < 4.78 is 0. The molecule has 0 aromatic carbocycles. The number of rotatable bonds is 3. The van der Waals surface area contributed by atoms with Crippen molar-refractivity contribution in [3.63, 3.8) is 0 Å². The van der Waals surface area contributed by atoms with Crippen LogP contribution in [0.1, 0.15) is 18.3 Å². The molecule has 1 N–H and O–H groups in total. The summed E-state index contributed by atoms with van der Waals surface area (Å²) in [7, 11) is 0. The summed E-state index contributed by atoms with van der Waals surface area (Å²) in [6.07, 6.45) is 0. The van der Waals surface area contributed by atoms with E-state index >= 15 is 0 Å². The molecule has 1 unspecified atom stereocenters. The first-order valence-corrected chi connectivity index (χ1v) is 4.93. The summed E-state index contributed by atoms with van der Waals surface area (Å²) in [4.78, 5) is 4.29. The van der Waals surface area contributed by atoms with Crippen LogP contribution in [0.4, 0.5) is 5.69 Å². The van der Waals surface area contributed by atoms with E-state index in [2.05, 4.69) is 17.2 Å². The van der Waals surface area contributed by atoms with Gasteiger partial charge in [0, 0.05) is 29.0 Å². The third-order valence-corrected chi connectivity index (χ3v) is 2.19. The molecule has 1 aromatic heterocycles. The van der Waals surface area contributed by atoms with E-state index in [4.69, 9.17) is 11.6 Å². The number of hydrogen-bond acceptors (Lipinski definition) is 2. The van der Waals surface area contributed by atoms with Gasteiger partial charge in [-0.3, -0.25) is 4.98 Å². The number of pyridine rings is 1. The highest BCUT2D eigenvalue weighted by atomic mass is 35.5. The highest BCUT2D eigenvalue weighted by Crippen LogP contribution is 2.11. The van der Waals surface area contributed by atoms with Crippen molar-refractivity contribution in [2.24, 2.45) is 0 Å². The van der Waals surface area contributed by atoms with Gasteiger partial charge in [0.15, 0.2) is 0 Å². The number of halogens is 1. The molecule has 1 atom stereocenters. The molecular weight excluding hydrogens is 184 g/mol. The maximum absolute atomic E-state index is 5.70. The molecule has 0 fully saturated rings. The third-order valence-electron chi connectivity index (χ3n) is 1.73. The molecule has 0 spiro atoms. The van der Waals surface area contributed by atoms with E-state index in [0.717, 1.165) is 17.1 Å². The van der Waals surface area contributed by atoms with Crippen LogP contribution in [0.25, 0.3) is 0 Å². The van der Waals surface area contributed by atoms with Crippen molar-refractivity contribution in [3.05, 3.63) is 23.5 Å². The zero-order chi connectivity index (χ0) is 9.84. The smallest absolute Gasteiger partial charge is 0.0423 e. The lowest BCUT2D eigenvalue weighted by Crippen LogP contribution is -2.16. The minimum absolute atomic E-state index is 0.294. The number of aryl methyl sites for hydroxylation is 2. The lowest BCUT2D eigenvalue weighted by molar-refractivity contribution is 0.905. The second-order valence-corrected chi connectivity index (χ2v) is 3.65. The van der Waals surface area contributed by atoms with Gasteiger partial charge in [-0.15, -0.1) is 11.6 Å². The topological polar surface area (TPSA) is 24.9 Å². The first kappa shape index (κ1) is 10.3. The molecule has 0 bridgehead atoms. The summed E-state index contributed by atoms with van der Waals surface area (Å²) in [5.41, 5.74) is 3.16. The summed E-state index contributed by atoms with van der Waals surface area (Å²) in [5, 5.41) is 3.30. The highest BCUT2D eigenvalue weighted by Gasteiger charge is 2.01. The molecule has 0 aliphatic heterocycles. The van der Waals surface area contributed by atoms with Gasteiger partial charge in [0.1, 0.15) is 0 Å². The standard InChI is InChI=1S/C10H15ClN2/c1-7-4-10(5-8(2)12-7)13-9(3)6-11/h4-5,9H,6H2,1-3H3,(H,12,13). The molecule has 3 heteroatoms. The molecule has 1 rings (SSSR count). The molecule has 1 heterocycles. The maximum Gasteiger partial charge on any atom is 0.0423 e. The van der Waals surface area contributed by atoms with Crippen LogP contribution in [-0.2, 0) is 0 Å². The molecule has 0 radical (unpaired) electrons. The second-order valence-electron chi connectivity index (χ2n) is 3.34. The molecule has 0 saturated heterocycles. The fraction of sp³-hybridized carbons (Fsp3) is 0.500. The van der Waals surface area contributed by atoms with Gasteiger partial charge in [0.2, 0.25) is 0 Å². The predicted octanol–water partition coefficient (Wildman–Crippen LogP) is 2.74. The highest BCUT2D eigenvalue weighted by molar-refractivity contribution is 6.18. The first-order chi connectivity index (χ1) is 6.11. The average Bonchev–Trinajstić information content (AvgIpc) is 2.02. The molecule has 2 nitrogen and oxygen atoms in total. The summed E-state index contributed by atoms with van der Waals surface area (Å²) in [6, 6.07) is 4.34. The van der Waals surface area contributed by atoms with Crippen LogP contribution in [0.5, 0.6) is 0 Å². The normalized spacial score (nSPS) is 12.6. The van der Waals surface area contributed by atoms with E-state index < -0.39 is 0 Å². The number of anilines is 1. The minimum atomic E-state index is 0.294. The van der Waals surface area contributed by atoms with Gasteiger partial charge in [-0.25, -0.2) is 0 Å². The molecule has 1 aromatic rings. The Hall–Kier alpha value is -0.760. The Bertz CT molecular complexity index is 266. The zero-order valence-electron chi connectivity index (χ0n) is 8.26. The SMILES string of the molecule is Cc1cc(NC(C)CCl)cc(C)n1. The Labute approximate surface area is 84.3 Å². The van der Waals surface area contributed by atoms with Crippen LogP contribution in [0.3, 0.4) is 0 Å². The largest absolute Gasteiger partial charge is 0.381 e. The van der Waals surface area contributed by atoms with Crippen LogP contribution in [-0.4, -0.2) is 16.9 Å². The van der Waals surface area contributed by atoms with E-state index in [9.17, 15) is 0 Å². The lowest BCUT2D eigenvalue weighted by Gasteiger charge is -2.12. The van der Waals surface area contributed by atoms with Gasteiger partial charge in [-0.2, -0.15) is 0 Å². The monoisotopic (exact) mass is 198 g/mol. The van der Waals surface area contributed by atoms with Crippen molar-refractivity contribution >= 4 is 17.3 Å². The summed E-state index contributed by atoms with van der Waals surface area (Å²) in [6.45, 7) is 6.03. The Balaban J connectivity index is 2.77. The quantitative estimate of drug-likeness (QED) is 0.756. The Morgan fingerprint density at radius 2 is 1.92 bits per heavy atom. The average molecular weight is 199 g/mol. The molecule has 0 aliphatic carbocycles. The Morgan fingerprint density at radius 1 is 1.38 bits per heavy atom. The van der Waals surface area contributed by atoms with Crippen molar-refractivity contribution in [2.75, 3.05) is 11.2 Å². The number of aromatic nitrogens is 1. The van der Waals surface area contributed by atoms with Crippen LogP contribution in [0.2, 0.25) is 0 Å². The Kier molecular flexibility index (Phi) is 3.55. The van der Waals surface area contributed by atoms with Crippen molar-refractivity contribution in [1.82, 2.24) is 4.98 Å². The van der Waals surface area contributed by atoms with Gasteiger partial charge in [-0.05, 0) is 32.9 Å². The maximum atomic E-state index is 5.70. The zero-order valence-corrected chi connectivity index (χ0v) is 9.02. The molecule has 0 amide bonds. The van der Waals surface area contributed by atoms with Crippen LogP contribution < -0.4 is 5.32 Å². The van der Waals surface area contributed by atoms with Gasteiger partial charge in [0.25, 0.3) is 0 Å². The predicted molar refractivity (Wildman–Crippen MR) is 57.5 cm³/mol. The number of nitrogens with one attached hydrogen (secondary N) is 1. The third kappa shape index (κ3) is 3.23. The van der Waals surface area contributed by atoms with Gasteiger partial charge in [0.05, 0.1) is 0 Å². The fourth-order valence-corrected chi connectivity index (χ4v) is 1.32. The van der Waals surface area contributed by atoms with Crippen LogP contribution in [0, 0.1) is 13.8 Å². The first-order valence-electron chi connectivity index (χ1n) is 4.39. The van der Waals surface area contributed by atoms with Gasteiger partial charge < -0.3 is 5.32 Å². The summed E-state index contributed by atoms with van der Waals surface area (Å²) in [5.74, 6) is 0.612. The van der Waals surface area contributed by atoms with Crippen molar-refractivity contribution in [1.29, 1.82) is 0 Å². The second kappa shape index (κ2) is 4.47. The number of hydrogen-bond donors (Lipinski definition) is 1. The van der Waals surface area contributed by atoms with Crippen molar-refractivity contribution in [3.8, 4) is 0 Å². The van der Waals surface area contributed by atoms with E-state index in [-0.39, 0.29) is 0 Å². The molecule has 0 aliphatic rings. The van der Waals surface area contributed by atoms with Gasteiger partial charge in [-0.1, -0.05) is 0 Å². The molecule has 72 valence electrons. The number of nitrogens with zero attached hydrogens (tertiary/aromatic N) is 1. The molecular formula is C10H15ClN2. The van der Waals surface area contributed by atoms with Crippen molar-refractivity contribution < 1.29 is 0 Å². The fourth-order valence-electron chi connectivity index (χ4n) is 1.24. The van der Waals surface area contributed by atoms with Crippen LogP contribution >= 0.6 is 11.6 Å². The van der Waals surface area contributed by atoms with E-state index in [0.29, 0.717) is 11.9 Å². The van der Waals surface area contributed by atoms with Gasteiger partial charge >= 0.3 is 0 Å². The summed E-state index contributed by atoms with van der Waals surface area (Å²) >= 11 is 5.70. The van der Waals surface area contributed by atoms with Crippen LogP contribution in [0.15, 0.2) is 12.1 Å². The Morgan fingerprint density at radius 3 is 2.38 bits per heavy atom. The van der Waals surface area contributed by atoms with E-state index in [1.807, 2.05) is 26.0 Å². The van der Waals surface area contributed by atoms with E-state index in [1.165, 1.54) is 0 Å². The molecule has 13 heavy (non-hydrogen) atoms. The molecule has 0 saturated carbocycles. The lowest BCUT2D eigenvalue weighted by atomic mass is 10.2. The minimum Gasteiger partial charge on any atom is -0.381 e. The van der Waals surface area contributed by atoms with E-state index in [1.54, 1.807) is 0 Å². The van der Waals surface area contributed by atoms with Crippen molar-refractivity contribution in [2.45, 2.75) is 26.8 Å². The number of alkyl halides is 1.